The SMILES string of the molecule is [C-]#[N+]c1c(-c2ccccc2)c(C#N)c(-n2c3ccccc3c3ccc(C(C)(C)C)cc32)c(-c2ccccc2)c1-n1c2c(ccc3c4ccccc4sc32)c2ccc3c4ccccc4sc3c21. The number of benzene rings is 9. The van der Waals surface area contributed by atoms with Crippen molar-refractivity contribution in [3.05, 3.63) is 198 Å². The standard InChI is InChI=1S/C60H38N4S2/c1-60(2,3)37-27-28-39-38-21-11-14-24-47(38)63(48(39)33-37)54-46(34-61)51(35-17-7-5-8-18-35)53(62-4)57(52(54)36-19-9-6-10-20-36)64-55-42(29-31-44-40-22-12-15-25-49(40)65-58(44)55)43-30-32-45-41-23-13-16-26-50(41)66-59(45)56(43)64/h5-33H,1-3H3. The van der Waals surface area contributed by atoms with Crippen LogP contribution >= 0.6 is 22.7 Å². The predicted molar refractivity (Wildman–Crippen MR) is 281 cm³/mol. The zero-order valence-corrected chi connectivity index (χ0v) is 38.0. The van der Waals surface area contributed by atoms with Crippen LogP contribution < -0.4 is 0 Å². The van der Waals surface area contributed by atoms with Crippen molar-refractivity contribution in [1.82, 2.24) is 9.13 Å². The van der Waals surface area contributed by atoms with Crippen LogP contribution in [0, 0.1) is 17.9 Å². The Bertz CT molecular complexity index is 4150. The van der Waals surface area contributed by atoms with Crippen LogP contribution in [-0.2, 0) is 5.41 Å². The van der Waals surface area contributed by atoms with Crippen molar-refractivity contribution in [3.63, 3.8) is 0 Å². The number of fused-ring (bicyclic) bond motifs is 14. The number of para-hydroxylation sites is 1. The summed E-state index contributed by atoms with van der Waals surface area (Å²) in [5, 5.41) is 21.2. The molecule has 0 amide bonds. The van der Waals surface area contributed by atoms with Crippen LogP contribution in [0.15, 0.2) is 176 Å². The first-order chi connectivity index (χ1) is 32.3. The van der Waals surface area contributed by atoms with Crippen molar-refractivity contribution in [2.45, 2.75) is 26.2 Å². The van der Waals surface area contributed by atoms with E-state index in [4.69, 9.17) is 0 Å². The summed E-state index contributed by atoms with van der Waals surface area (Å²) in [6, 6.07) is 65.2. The van der Waals surface area contributed by atoms with Gasteiger partial charge in [-0.15, -0.1) is 22.7 Å². The van der Waals surface area contributed by atoms with E-state index < -0.39 is 0 Å². The van der Waals surface area contributed by atoms with Crippen LogP contribution in [0.3, 0.4) is 0 Å². The van der Waals surface area contributed by atoms with Crippen LogP contribution in [0.5, 0.6) is 0 Å². The zero-order chi connectivity index (χ0) is 44.4. The second-order valence-corrected chi connectivity index (χ2v) is 20.3. The maximum atomic E-state index is 11.9. The molecule has 13 aromatic rings. The molecule has 0 unspecified atom stereocenters. The summed E-state index contributed by atoms with van der Waals surface area (Å²) in [6.07, 6.45) is 0. The van der Waals surface area contributed by atoms with Gasteiger partial charge in [0.25, 0.3) is 0 Å². The predicted octanol–water partition coefficient (Wildman–Crippen LogP) is 17.7. The van der Waals surface area contributed by atoms with Gasteiger partial charge in [0.15, 0.2) is 0 Å². The maximum Gasteiger partial charge on any atom is 0.220 e. The van der Waals surface area contributed by atoms with Crippen LogP contribution in [0.2, 0.25) is 0 Å². The van der Waals surface area contributed by atoms with Gasteiger partial charge in [0.05, 0.1) is 55.0 Å². The molecule has 0 saturated carbocycles. The molecule has 0 aliphatic rings. The van der Waals surface area contributed by atoms with E-state index in [1.807, 2.05) is 36.4 Å². The molecule has 4 nitrogen and oxygen atoms in total. The molecular formula is C60H38N4S2. The van der Waals surface area contributed by atoms with Crippen molar-refractivity contribution in [2.75, 3.05) is 0 Å². The van der Waals surface area contributed by atoms with Crippen molar-refractivity contribution in [1.29, 1.82) is 5.26 Å². The van der Waals surface area contributed by atoms with Gasteiger partial charge in [-0.1, -0.05) is 172 Å². The van der Waals surface area contributed by atoms with Gasteiger partial charge in [0, 0.05) is 63.6 Å². The molecule has 9 aromatic carbocycles. The number of nitrogens with zero attached hydrogens (tertiary/aromatic N) is 4. The molecule has 0 aliphatic heterocycles. The number of rotatable bonds is 4. The molecular weight excluding hydrogens is 841 g/mol. The highest BCUT2D eigenvalue weighted by Crippen LogP contribution is 2.55. The van der Waals surface area contributed by atoms with E-state index in [1.165, 1.54) is 36.5 Å². The molecule has 0 atom stereocenters. The minimum atomic E-state index is -0.141. The van der Waals surface area contributed by atoms with Crippen LogP contribution in [0.4, 0.5) is 5.69 Å². The van der Waals surface area contributed by atoms with Gasteiger partial charge in [0.1, 0.15) is 6.07 Å². The summed E-state index contributed by atoms with van der Waals surface area (Å²) >= 11 is 3.61. The number of hydrogen-bond acceptors (Lipinski definition) is 3. The Kier molecular flexibility index (Phi) is 8.30. The van der Waals surface area contributed by atoms with Crippen molar-refractivity contribution in [2.24, 2.45) is 0 Å². The van der Waals surface area contributed by atoms with E-state index >= 15 is 0 Å². The number of thiophene rings is 2. The van der Waals surface area contributed by atoms with Gasteiger partial charge >= 0.3 is 0 Å². The second-order valence-electron chi connectivity index (χ2n) is 18.2. The van der Waals surface area contributed by atoms with Crippen LogP contribution in [-0.4, -0.2) is 9.13 Å². The third-order valence-electron chi connectivity index (χ3n) is 13.5. The molecule has 66 heavy (non-hydrogen) atoms. The molecule has 0 N–H and O–H groups in total. The number of nitriles is 1. The minimum absolute atomic E-state index is 0.141. The van der Waals surface area contributed by atoms with Gasteiger partial charge < -0.3 is 9.13 Å². The van der Waals surface area contributed by atoms with E-state index in [-0.39, 0.29) is 5.41 Å². The van der Waals surface area contributed by atoms with E-state index in [9.17, 15) is 11.8 Å². The number of aromatic nitrogens is 2. The van der Waals surface area contributed by atoms with Crippen LogP contribution in [0.1, 0.15) is 31.9 Å². The van der Waals surface area contributed by atoms with E-state index in [1.54, 1.807) is 22.7 Å². The highest BCUT2D eigenvalue weighted by molar-refractivity contribution is 7.27. The van der Waals surface area contributed by atoms with Gasteiger partial charge in [-0.2, -0.15) is 5.26 Å². The van der Waals surface area contributed by atoms with Gasteiger partial charge in [0.2, 0.25) is 5.69 Å². The molecule has 0 saturated heterocycles. The Morgan fingerprint density at radius 2 is 0.970 bits per heavy atom. The third-order valence-corrected chi connectivity index (χ3v) is 15.9. The Morgan fingerprint density at radius 1 is 0.485 bits per heavy atom. The summed E-state index contributed by atoms with van der Waals surface area (Å²) in [6.45, 7) is 16.2. The Balaban J connectivity index is 1.36. The van der Waals surface area contributed by atoms with Gasteiger partial charge in [-0.25, -0.2) is 4.85 Å². The first kappa shape index (κ1) is 38.5. The molecule has 13 rings (SSSR count). The summed E-state index contributed by atoms with van der Waals surface area (Å²) in [4.78, 5) is 4.63. The fourth-order valence-electron chi connectivity index (χ4n) is 10.6. The van der Waals surface area contributed by atoms with Crippen molar-refractivity contribution in [3.8, 4) is 39.7 Å². The molecule has 310 valence electrons. The smallest absolute Gasteiger partial charge is 0.220 e. The van der Waals surface area contributed by atoms with Crippen molar-refractivity contribution >= 4 is 112 Å². The molecule has 0 bridgehead atoms. The summed E-state index contributed by atoms with van der Waals surface area (Å²) in [5.41, 5.74) is 10.8. The molecule has 0 aliphatic carbocycles. The third kappa shape index (κ3) is 5.35. The molecule has 0 fully saturated rings. The first-order valence-electron chi connectivity index (χ1n) is 22.2. The topological polar surface area (TPSA) is 38.0 Å². The summed E-state index contributed by atoms with van der Waals surface area (Å²) < 4.78 is 9.52. The largest absolute Gasteiger partial charge is 0.316 e. The van der Waals surface area contributed by atoms with E-state index in [0.29, 0.717) is 16.8 Å². The summed E-state index contributed by atoms with van der Waals surface area (Å²) in [5.74, 6) is 0. The molecule has 4 heterocycles. The summed E-state index contributed by atoms with van der Waals surface area (Å²) in [7, 11) is 0. The Labute approximate surface area is 388 Å². The van der Waals surface area contributed by atoms with Gasteiger partial charge in [-0.05, 0) is 46.4 Å². The fourth-order valence-corrected chi connectivity index (χ4v) is 13.1. The lowest BCUT2D eigenvalue weighted by Crippen LogP contribution is -2.11. The van der Waals surface area contributed by atoms with E-state index in [0.717, 1.165) is 81.1 Å². The van der Waals surface area contributed by atoms with Crippen LogP contribution in [0.25, 0.3) is 122 Å². The Hall–Kier alpha value is -8.00. The molecule has 0 radical (unpaired) electrons. The average molecular weight is 879 g/mol. The monoisotopic (exact) mass is 878 g/mol. The normalized spacial score (nSPS) is 12.1. The quantitative estimate of drug-likeness (QED) is 0.162. The lowest BCUT2D eigenvalue weighted by molar-refractivity contribution is 0.591. The Morgan fingerprint density at radius 3 is 1.53 bits per heavy atom. The lowest BCUT2D eigenvalue weighted by Gasteiger charge is -2.26. The second kappa shape index (κ2) is 14.3. The lowest BCUT2D eigenvalue weighted by atomic mass is 9.86. The number of hydrogen-bond donors (Lipinski definition) is 0. The maximum absolute atomic E-state index is 11.9. The van der Waals surface area contributed by atoms with Crippen molar-refractivity contribution < 1.29 is 0 Å². The highest BCUT2D eigenvalue weighted by Gasteiger charge is 2.33. The first-order valence-corrected chi connectivity index (χ1v) is 23.8. The molecule has 6 heteroatoms. The minimum Gasteiger partial charge on any atom is -0.316 e. The van der Waals surface area contributed by atoms with E-state index in [2.05, 4.69) is 180 Å². The highest BCUT2D eigenvalue weighted by atomic mass is 32.1. The average Bonchev–Trinajstić information content (AvgIpc) is 4.11. The molecule has 4 aromatic heterocycles. The fraction of sp³-hybridized carbons (Fsp3) is 0.0667. The zero-order valence-electron chi connectivity index (χ0n) is 36.3. The molecule has 0 spiro atoms. The van der Waals surface area contributed by atoms with Gasteiger partial charge in [-0.3, -0.25) is 0 Å².